The number of aryl methyl sites for hydroxylation is 1. The lowest BCUT2D eigenvalue weighted by molar-refractivity contribution is -0.121. The van der Waals surface area contributed by atoms with Crippen molar-refractivity contribution in [1.29, 1.82) is 0 Å². The van der Waals surface area contributed by atoms with Crippen molar-refractivity contribution < 1.29 is 9.59 Å². The Morgan fingerprint density at radius 2 is 2.00 bits per heavy atom. The standard InChI is InChI=1S/C19H20N6O2S/c1-12-22-15-3-2-14(10-16(15)28-12)23-19(27)25-8-4-13(5-9-25)18(26)24-17-11-20-6-7-21-17/h2-3,6-7,10-11,13H,4-5,8-9H2,1H3,(H,23,27)(H,21,24,26). The van der Waals surface area contributed by atoms with E-state index in [1.54, 1.807) is 22.4 Å². The molecule has 0 unspecified atom stereocenters. The van der Waals surface area contributed by atoms with Crippen LogP contribution in [0.25, 0.3) is 10.2 Å². The van der Waals surface area contributed by atoms with Crippen molar-refractivity contribution in [3.63, 3.8) is 0 Å². The highest BCUT2D eigenvalue weighted by atomic mass is 32.1. The van der Waals surface area contributed by atoms with Gasteiger partial charge in [0, 0.05) is 37.1 Å². The molecule has 0 atom stereocenters. The molecule has 8 nitrogen and oxygen atoms in total. The zero-order chi connectivity index (χ0) is 19.5. The van der Waals surface area contributed by atoms with Gasteiger partial charge in [-0.3, -0.25) is 9.78 Å². The van der Waals surface area contributed by atoms with E-state index in [4.69, 9.17) is 0 Å². The second-order valence-corrected chi connectivity index (χ2v) is 7.92. The number of thiazole rings is 1. The predicted molar refractivity (Wildman–Crippen MR) is 108 cm³/mol. The van der Waals surface area contributed by atoms with Gasteiger partial charge >= 0.3 is 6.03 Å². The maximum absolute atomic E-state index is 12.6. The van der Waals surface area contributed by atoms with Gasteiger partial charge in [0.05, 0.1) is 21.4 Å². The number of carbonyl (C=O) groups is 2. The molecule has 0 aliphatic carbocycles. The first kappa shape index (κ1) is 18.3. The Morgan fingerprint density at radius 3 is 2.75 bits per heavy atom. The minimum Gasteiger partial charge on any atom is -0.324 e. The molecule has 0 bridgehead atoms. The summed E-state index contributed by atoms with van der Waals surface area (Å²) in [6, 6.07) is 5.57. The lowest BCUT2D eigenvalue weighted by Crippen LogP contribution is -2.43. The van der Waals surface area contributed by atoms with E-state index in [1.807, 2.05) is 25.1 Å². The van der Waals surface area contributed by atoms with E-state index in [1.165, 1.54) is 12.4 Å². The molecule has 2 N–H and O–H groups in total. The zero-order valence-corrected chi connectivity index (χ0v) is 16.2. The first-order valence-corrected chi connectivity index (χ1v) is 9.90. The fourth-order valence-corrected chi connectivity index (χ4v) is 4.12. The molecule has 1 aliphatic rings. The summed E-state index contributed by atoms with van der Waals surface area (Å²) in [6.45, 7) is 3.03. The number of amides is 3. The Morgan fingerprint density at radius 1 is 1.18 bits per heavy atom. The maximum atomic E-state index is 12.6. The van der Waals surface area contributed by atoms with Gasteiger partial charge in [0.25, 0.3) is 0 Å². The molecule has 4 rings (SSSR count). The Labute approximate surface area is 166 Å². The smallest absolute Gasteiger partial charge is 0.321 e. The van der Waals surface area contributed by atoms with Gasteiger partial charge in [-0.2, -0.15) is 0 Å². The number of likely N-dealkylation sites (tertiary alicyclic amines) is 1. The SMILES string of the molecule is Cc1nc2ccc(NC(=O)N3CCC(C(=O)Nc4cnccn4)CC3)cc2s1. The van der Waals surface area contributed by atoms with Crippen molar-refractivity contribution in [2.45, 2.75) is 19.8 Å². The third-order valence-electron chi connectivity index (χ3n) is 4.71. The van der Waals surface area contributed by atoms with E-state index >= 15 is 0 Å². The molecule has 1 aliphatic heterocycles. The number of nitrogens with one attached hydrogen (secondary N) is 2. The van der Waals surface area contributed by atoms with Crippen LogP contribution in [0.4, 0.5) is 16.3 Å². The molecule has 1 saturated heterocycles. The number of aromatic nitrogens is 3. The fraction of sp³-hybridized carbons (Fsp3) is 0.316. The molecule has 1 aromatic carbocycles. The summed E-state index contributed by atoms with van der Waals surface area (Å²) in [7, 11) is 0. The summed E-state index contributed by atoms with van der Waals surface area (Å²) >= 11 is 1.60. The summed E-state index contributed by atoms with van der Waals surface area (Å²) in [5.74, 6) is 0.232. The molecular weight excluding hydrogens is 376 g/mol. The average molecular weight is 396 g/mol. The number of benzene rings is 1. The molecule has 28 heavy (non-hydrogen) atoms. The number of hydrogen-bond donors (Lipinski definition) is 2. The molecule has 3 aromatic rings. The van der Waals surface area contributed by atoms with Gasteiger partial charge in [-0.15, -0.1) is 11.3 Å². The van der Waals surface area contributed by atoms with Gasteiger partial charge in [-0.05, 0) is 38.0 Å². The van der Waals surface area contributed by atoms with E-state index in [0.29, 0.717) is 31.7 Å². The molecule has 0 spiro atoms. The van der Waals surface area contributed by atoms with Crippen molar-refractivity contribution in [2.75, 3.05) is 23.7 Å². The summed E-state index contributed by atoms with van der Waals surface area (Å²) in [5, 5.41) is 6.72. The monoisotopic (exact) mass is 396 g/mol. The summed E-state index contributed by atoms with van der Waals surface area (Å²) in [6.07, 6.45) is 5.84. The summed E-state index contributed by atoms with van der Waals surface area (Å²) < 4.78 is 1.05. The normalized spacial score (nSPS) is 14.8. The van der Waals surface area contributed by atoms with Crippen LogP contribution in [0.3, 0.4) is 0 Å². The van der Waals surface area contributed by atoms with Crippen molar-refractivity contribution in [3.05, 3.63) is 41.8 Å². The molecule has 144 valence electrons. The van der Waals surface area contributed by atoms with Crippen LogP contribution in [-0.2, 0) is 4.79 Å². The highest BCUT2D eigenvalue weighted by Crippen LogP contribution is 2.25. The van der Waals surface area contributed by atoms with Gasteiger partial charge in [-0.1, -0.05) is 0 Å². The lowest BCUT2D eigenvalue weighted by atomic mass is 9.96. The number of fused-ring (bicyclic) bond motifs is 1. The Balaban J connectivity index is 1.31. The van der Waals surface area contributed by atoms with E-state index in [9.17, 15) is 9.59 Å². The number of urea groups is 1. The third-order valence-corrected chi connectivity index (χ3v) is 5.65. The number of rotatable bonds is 3. The van der Waals surface area contributed by atoms with Crippen molar-refractivity contribution >= 4 is 45.0 Å². The van der Waals surface area contributed by atoms with Gasteiger partial charge < -0.3 is 15.5 Å². The molecule has 3 amide bonds. The van der Waals surface area contributed by atoms with Crippen molar-refractivity contribution in [2.24, 2.45) is 5.92 Å². The second-order valence-electron chi connectivity index (χ2n) is 6.69. The van der Waals surface area contributed by atoms with Gasteiger partial charge in [0.2, 0.25) is 5.91 Å². The Kier molecular flexibility index (Phi) is 5.16. The number of nitrogens with zero attached hydrogens (tertiary/aromatic N) is 4. The molecule has 2 aromatic heterocycles. The van der Waals surface area contributed by atoms with Gasteiger partial charge in [-0.25, -0.2) is 14.8 Å². The highest BCUT2D eigenvalue weighted by Gasteiger charge is 2.27. The second kappa shape index (κ2) is 7.89. The molecule has 0 radical (unpaired) electrons. The topological polar surface area (TPSA) is 100 Å². The van der Waals surface area contributed by atoms with Crippen LogP contribution in [0.2, 0.25) is 0 Å². The average Bonchev–Trinajstić information content (AvgIpc) is 3.08. The van der Waals surface area contributed by atoms with E-state index in [2.05, 4.69) is 25.6 Å². The number of carbonyl (C=O) groups excluding carboxylic acids is 2. The molecule has 3 heterocycles. The zero-order valence-electron chi connectivity index (χ0n) is 15.4. The van der Waals surface area contributed by atoms with Gasteiger partial charge in [0.15, 0.2) is 5.82 Å². The van der Waals surface area contributed by atoms with Crippen LogP contribution in [0.5, 0.6) is 0 Å². The van der Waals surface area contributed by atoms with E-state index in [0.717, 1.165) is 20.9 Å². The third kappa shape index (κ3) is 4.09. The Hall–Kier alpha value is -3.07. The predicted octanol–water partition coefficient (Wildman–Crippen LogP) is 3.28. The van der Waals surface area contributed by atoms with Crippen molar-refractivity contribution in [3.8, 4) is 0 Å². The fourth-order valence-electron chi connectivity index (χ4n) is 3.26. The first-order chi connectivity index (χ1) is 13.6. The van der Waals surface area contributed by atoms with Crippen LogP contribution < -0.4 is 10.6 Å². The molecular formula is C19H20N6O2S. The minimum absolute atomic E-state index is 0.0772. The number of anilines is 2. The summed E-state index contributed by atoms with van der Waals surface area (Å²) in [5.41, 5.74) is 1.69. The van der Waals surface area contributed by atoms with Crippen LogP contribution >= 0.6 is 11.3 Å². The van der Waals surface area contributed by atoms with Crippen LogP contribution in [0, 0.1) is 12.8 Å². The van der Waals surface area contributed by atoms with Crippen LogP contribution in [0.1, 0.15) is 17.8 Å². The van der Waals surface area contributed by atoms with Crippen molar-refractivity contribution in [1.82, 2.24) is 19.9 Å². The Bertz CT molecular complexity index is 998. The maximum Gasteiger partial charge on any atom is 0.321 e. The lowest BCUT2D eigenvalue weighted by Gasteiger charge is -2.31. The van der Waals surface area contributed by atoms with Gasteiger partial charge in [0.1, 0.15) is 0 Å². The largest absolute Gasteiger partial charge is 0.324 e. The van der Waals surface area contributed by atoms with E-state index < -0.39 is 0 Å². The first-order valence-electron chi connectivity index (χ1n) is 9.08. The molecule has 9 heteroatoms. The molecule has 0 saturated carbocycles. The highest BCUT2D eigenvalue weighted by molar-refractivity contribution is 7.18. The number of hydrogen-bond acceptors (Lipinski definition) is 6. The molecule has 1 fully saturated rings. The summed E-state index contributed by atoms with van der Waals surface area (Å²) in [4.78, 5) is 39.1. The minimum atomic E-state index is -0.145. The van der Waals surface area contributed by atoms with Crippen LogP contribution in [-0.4, -0.2) is 44.9 Å². The quantitative estimate of drug-likeness (QED) is 0.708. The number of piperidine rings is 1. The van der Waals surface area contributed by atoms with Crippen LogP contribution in [0.15, 0.2) is 36.8 Å². The van der Waals surface area contributed by atoms with E-state index in [-0.39, 0.29) is 17.9 Å².